The zero-order valence-electron chi connectivity index (χ0n) is 15.7. The van der Waals surface area contributed by atoms with Crippen molar-refractivity contribution in [2.75, 3.05) is 0 Å². The molecule has 0 aliphatic heterocycles. The minimum absolute atomic E-state index is 0.234. The highest BCUT2D eigenvalue weighted by atomic mass is 31.2. The van der Waals surface area contributed by atoms with Crippen molar-refractivity contribution in [1.82, 2.24) is 0 Å². The number of aliphatic hydroxyl groups is 1. The van der Waals surface area contributed by atoms with Gasteiger partial charge < -0.3 is 14.2 Å². The molecule has 0 aromatic heterocycles. The summed E-state index contributed by atoms with van der Waals surface area (Å²) in [4.78, 5) is 0. The molecule has 2 aromatic rings. The molecule has 0 saturated carbocycles. The molecule has 0 radical (unpaired) electrons. The monoisotopic (exact) mass is 374 g/mol. The minimum atomic E-state index is -3.72. The average Bonchev–Trinajstić information content (AvgIpc) is 2.59. The van der Waals surface area contributed by atoms with Crippen LogP contribution in [0.4, 0.5) is 0 Å². The van der Waals surface area contributed by atoms with Crippen molar-refractivity contribution in [3.05, 3.63) is 77.1 Å². The molecule has 26 heavy (non-hydrogen) atoms. The molecule has 0 saturated heterocycles. The molecule has 5 heteroatoms. The second-order valence-electron chi connectivity index (χ2n) is 6.60. The summed E-state index contributed by atoms with van der Waals surface area (Å²) in [6.45, 7) is 7.19. The van der Waals surface area contributed by atoms with Crippen LogP contribution in [0.2, 0.25) is 0 Å². The molecular weight excluding hydrogens is 347 g/mol. The van der Waals surface area contributed by atoms with Crippen LogP contribution < -0.4 is 0 Å². The molecule has 2 aromatic carbocycles. The number of rotatable bonds is 8. The van der Waals surface area contributed by atoms with Gasteiger partial charge in [-0.25, -0.2) is 0 Å². The van der Waals surface area contributed by atoms with E-state index in [1.807, 2.05) is 48.5 Å². The van der Waals surface area contributed by atoms with E-state index >= 15 is 0 Å². The van der Waals surface area contributed by atoms with Gasteiger partial charge in [-0.1, -0.05) is 60.7 Å². The molecule has 0 aliphatic carbocycles. The fourth-order valence-electron chi connectivity index (χ4n) is 2.54. The first-order chi connectivity index (χ1) is 12.3. The Morgan fingerprint density at radius 1 is 0.885 bits per heavy atom. The fourth-order valence-corrected chi connectivity index (χ4v) is 4.69. The first kappa shape index (κ1) is 20.6. The largest absolute Gasteiger partial charge is 0.383 e. The quantitative estimate of drug-likeness (QED) is 0.593. The van der Waals surface area contributed by atoms with Gasteiger partial charge in [0.25, 0.3) is 0 Å². The van der Waals surface area contributed by atoms with Gasteiger partial charge in [-0.3, -0.25) is 4.57 Å². The normalized spacial score (nSPS) is 14.0. The molecular formula is C21H27O4P. The lowest BCUT2D eigenvalue weighted by molar-refractivity contribution is 0.138. The summed E-state index contributed by atoms with van der Waals surface area (Å²) < 4.78 is 25.1. The van der Waals surface area contributed by atoms with E-state index in [1.165, 1.54) is 0 Å². The molecule has 0 aliphatic rings. The van der Waals surface area contributed by atoms with Crippen LogP contribution in [0, 0.1) is 0 Å². The topological polar surface area (TPSA) is 55.8 Å². The summed E-state index contributed by atoms with van der Waals surface area (Å²) in [6.07, 6.45) is -0.0355. The van der Waals surface area contributed by atoms with Crippen molar-refractivity contribution in [3.63, 3.8) is 0 Å². The molecule has 1 atom stereocenters. The van der Waals surface area contributed by atoms with Gasteiger partial charge >= 0.3 is 7.60 Å². The molecule has 0 spiro atoms. The Kier molecular flexibility index (Phi) is 7.36. The third-order valence-corrected chi connectivity index (χ3v) is 5.93. The molecule has 0 amide bonds. The molecule has 1 N–H and O–H groups in total. The smallest absolute Gasteiger partial charge is 0.360 e. The van der Waals surface area contributed by atoms with Crippen molar-refractivity contribution in [2.45, 2.75) is 46.0 Å². The first-order valence-electron chi connectivity index (χ1n) is 8.79. The van der Waals surface area contributed by atoms with Crippen LogP contribution in [0.15, 0.2) is 66.0 Å². The summed E-state index contributed by atoms with van der Waals surface area (Å²) in [5, 5.41) is 11.2. The number of aliphatic hydroxyl groups excluding tert-OH is 1. The second-order valence-corrected chi connectivity index (χ2v) is 8.53. The van der Waals surface area contributed by atoms with Crippen molar-refractivity contribution >= 4 is 13.7 Å². The van der Waals surface area contributed by atoms with Crippen molar-refractivity contribution in [1.29, 1.82) is 0 Å². The van der Waals surface area contributed by atoms with E-state index < -0.39 is 13.7 Å². The van der Waals surface area contributed by atoms with Gasteiger partial charge in [0.15, 0.2) is 0 Å². The average molecular weight is 374 g/mol. The van der Waals surface area contributed by atoms with Crippen molar-refractivity contribution in [3.8, 4) is 0 Å². The molecule has 0 bridgehead atoms. The van der Waals surface area contributed by atoms with Crippen LogP contribution in [0.1, 0.15) is 44.9 Å². The maximum absolute atomic E-state index is 13.7. The van der Waals surface area contributed by atoms with Gasteiger partial charge in [0.2, 0.25) is 0 Å². The summed E-state index contributed by atoms with van der Waals surface area (Å²) in [5.74, 6) is 0. The Morgan fingerprint density at radius 2 is 1.35 bits per heavy atom. The molecule has 2 rings (SSSR count). The third-order valence-electron chi connectivity index (χ3n) is 3.52. The molecule has 0 heterocycles. The standard InChI is InChI=1S/C21H27O4P/c1-16(2)24-26(23,25-17(3)4)20(15-18-11-7-5-8-12-18)21(22)19-13-9-6-10-14-19/h5-17,21-22H,1-4H3/b20-15+. The van der Waals surface area contributed by atoms with E-state index in [-0.39, 0.29) is 17.5 Å². The summed E-state index contributed by atoms with van der Waals surface area (Å²) in [6, 6.07) is 18.5. The minimum Gasteiger partial charge on any atom is -0.383 e. The van der Waals surface area contributed by atoms with Gasteiger partial charge in [0, 0.05) is 0 Å². The van der Waals surface area contributed by atoms with E-state index in [2.05, 4.69) is 0 Å². The van der Waals surface area contributed by atoms with Crippen LogP contribution >= 0.6 is 7.60 Å². The molecule has 140 valence electrons. The van der Waals surface area contributed by atoms with Crippen LogP contribution in [0.25, 0.3) is 6.08 Å². The highest BCUT2D eigenvalue weighted by molar-refractivity contribution is 7.58. The van der Waals surface area contributed by atoms with Crippen LogP contribution in [-0.2, 0) is 13.6 Å². The van der Waals surface area contributed by atoms with E-state index in [0.29, 0.717) is 5.56 Å². The lowest BCUT2D eigenvalue weighted by atomic mass is 10.1. The predicted octanol–water partition coefficient (Wildman–Crippen LogP) is 5.80. The molecule has 1 unspecified atom stereocenters. The van der Waals surface area contributed by atoms with Gasteiger partial charge in [-0.05, 0) is 44.9 Å². The van der Waals surface area contributed by atoms with Crippen LogP contribution in [0.3, 0.4) is 0 Å². The Hall–Kier alpha value is -1.71. The maximum Gasteiger partial charge on any atom is 0.360 e. The van der Waals surface area contributed by atoms with E-state index in [9.17, 15) is 9.67 Å². The van der Waals surface area contributed by atoms with Gasteiger partial charge in [0.1, 0.15) is 6.10 Å². The van der Waals surface area contributed by atoms with E-state index in [1.54, 1.807) is 45.9 Å². The third kappa shape index (κ3) is 5.65. The fraction of sp³-hybridized carbons (Fsp3) is 0.333. The van der Waals surface area contributed by atoms with Gasteiger partial charge in [-0.15, -0.1) is 0 Å². The number of benzene rings is 2. The lowest BCUT2D eigenvalue weighted by Crippen LogP contribution is -2.13. The van der Waals surface area contributed by atoms with Gasteiger partial charge in [-0.2, -0.15) is 0 Å². The summed E-state index contributed by atoms with van der Waals surface area (Å²) in [5.41, 5.74) is 1.45. The van der Waals surface area contributed by atoms with E-state index in [4.69, 9.17) is 9.05 Å². The highest BCUT2D eigenvalue weighted by Gasteiger charge is 2.37. The number of hydrogen-bond donors (Lipinski definition) is 1. The predicted molar refractivity (Wildman–Crippen MR) is 106 cm³/mol. The zero-order valence-corrected chi connectivity index (χ0v) is 16.6. The summed E-state index contributed by atoms with van der Waals surface area (Å²) >= 11 is 0. The second kappa shape index (κ2) is 9.29. The van der Waals surface area contributed by atoms with Crippen molar-refractivity contribution < 1.29 is 18.7 Å². The Labute approximate surface area is 156 Å². The summed E-state index contributed by atoms with van der Waals surface area (Å²) in [7, 11) is -3.72. The Balaban J connectivity index is 2.57. The van der Waals surface area contributed by atoms with Crippen LogP contribution in [0.5, 0.6) is 0 Å². The maximum atomic E-state index is 13.7. The van der Waals surface area contributed by atoms with Gasteiger partial charge in [0.05, 0.1) is 17.5 Å². The van der Waals surface area contributed by atoms with Crippen LogP contribution in [-0.4, -0.2) is 17.3 Å². The SMILES string of the molecule is CC(C)OP(=O)(OC(C)C)/C(=C/c1ccccc1)C(O)c1ccccc1. The van der Waals surface area contributed by atoms with Crippen molar-refractivity contribution in [2.24, 2.45) is 0 Å². The highest BCUT2D eigenvalue weighted by Crippen LogP contribution is 2.62. The number of hydrogen-bond acceptors (Lipinski definition) is 4. The molecule has 0 fully saturated rings. The Bertz CT molecular complexity index is 740. The Morgan fingerprint density at radius 3 is 1.81 bits per heavy atom. The lowest BCUT2D eigenvalue weighted by Gasteiger charge is -2.28. The van der Waals surface area contributed by atoms with E-state index in [0.717, 1.165) is 5.56 Å². The first-order valence-corrected chi connectivity index (χ1v) is 10.3. The molecule has 4 nitrogen and oxygen atoms in total. The zero-order chi connectivity index (χ0) is 19.2.